The summed E-state index contributed by atoms with van der Waals surface area (Å²) in [5.41, 5.74) is 5.55. The molecule has 2 amide bonds. The molecular weight excluding hydrogens is 446 g/mol. The van der Waals surface area contributed by atoms with Gasteiger partial charge in [-0.2, -0.15) is 0 Å². The molecule has 0 saturated heterocycles. The molecule has 11 heteroatoms. The molecule has 188 valence electrons. The van der Waals surface area contributed by atoms with Crippen molar-refractivity contribution in [3.8, 4) is 0 Å². The third-order valence-corrected chi connectivity index (χ3v) is 14.0. The standard InChI is InChI=1S/C21H45N3O6Si2/c1-20(2,31(5,6)29)13-15(18(27)23-11-9-17(25)26)16(19(28)24-12-10-22)14-21(3,4)32(7,8)30/h15-16,29-30H,9-14,22H2,1-8H3,(H,23,27)(H,24,28)(H,25,26)/t15-,16+/m0/s1. The summed E-state index contributed by atoms with van der Waals surface area (Å²) >= 11 is 0. The molecule has 0 heterocycles. The van der Waals surface area contributed by atoms with E-state index in [4.69, 9.17) is 10.8 Å². The van der Waals surface area contributed by atoms with Gasteiger partial charge in [-0.05, 0) is 49.1 Å². The zero-order chi connectivity index (χ0) is 25.5. The van der Waals surface area contributed by atoms with E-state index in [1.807, 2.05) is 27.7 Å². The smallest absolute Gasteiger partial charge is 0.305 e. The van der Waals surface area contributed by atoms with Crippen molar-refractivity contribution in [2.45, 2.75) is 83.2 Å². The molecule has 0 fully saturated rings. The zero-order valence-corrected chi connectivity index (χ0v) is 23.0. The molecule has 0 spiro atoms. The Bertz CT molecular complexity index is 657. The van der Waals surface area contributed by atoms with Crippen LogP contribution in [-0.4, -0.2) is 68.8 Å². The van der Waals surface area contributed by atoms with E-state index in [0.29, 0.717) is 0 Å². The molecule has 0 aromatic heterocycles. The first-order valence-corrected chi connectivity index (χ1v) is 17.1. The first kappa shape index (κ1) is 30.7. The molecule has 7 N–H and O–H groups in total. The lowest BCUT2D eigenvalue weighted by Gasteiger charge is -2.42. The zero-order valence-electron chi connectivity index (χ0n) is 21.0. The fourth-order valence-electron chi connectivity index (χ4n) is 3.18. The summed E-state index contributed by atoms with van der Waals surface area (Å²) in [6.07, 6.45) is 0.305. The number of aliphatic carboxylic acids is 1. The molecule has 0 aromatic rings. The van der Waals surface area contributed by atoms with Gasteiger partial charge in [0.2, 0.25) is 11.8 Å². The summed E-state index contributed by atoms with van der Waals surface area (Å²) < 4.78 is 0. The molecule has 0 saturated carbocycles. The highest BCUT2D eigenvalue weighted by Crippen LogP contribution is 2.48. The average molecular weight is 492 g/mol. The largest absolute Gasteiger partial charge is 0.481 e. The Morgan fingerprint density at radius 3 is 1.44 bits per heavy atom. The summed E-state index contributed by atoms with van der Waals surface area (Å²) in [6.45, 7) is 15.2. The number of carbonyl (C=O) groups excluding carboxylic acids is 2. The Balaban J connectivity index is 6.24. The number of amides is 2. The molecule has 2 atom stereocenters. The van der Waals surface area contributed by atoms with Gasteiger partial charge in [0.15, 0.2) is 16.6 Å². The highest BCUT2D eigenvalue weighted by molar-refractivity contribution is 6.73. The SMILES string of the molecule is CC(C)(C[C@H](C(=O)NCCC(=O)O)[C@@H](CC(C)(C)[Si](C)(C)O)C(=O)NCCN)[Si](C)(C)O. The third kappa shape index (κ3) is 9.30. The second-order valence-corrected chi connectivity index (χ2v) is 20.0. The van der Waals surface area contributed by atoms with Gasteiger partial charge < -0.3 is 31.1 Å². The van der Waals surface area contributed by atoms with E-state index in [1.54, 1.807) is 26.2 Å². The lowest BCUT2D eigenvalue weighted by molar-refractivity contribution is -0.138. The Kier molecular flexibility index (Phi) is 11.3. The average Bonchev–Trinajstić information content (AvgIpc) is 2.60. The molecule has 0 bridgehead atoms. The summed E-state index contributed by atoms with van der Waals surface area (Å²) in [5, 5.41) is 13.2. The third-order valence-electron chi connectivity index (χ3n) is 7.01. The van der Waals surface area contributed by atoms with Crippen LogP contribution in [-0.2, 0) is 14.4 Å². The van der Waals surface area contributed by atoms with E-state index in [-0.39, 0.29) is 44.8 Å². The minimum atomic E-state index is -2.71. The van der Waals surface area contributed by atoms with Crippen LogP contribution in [0.4, 0.5) is 0 Å². The van der Waals surface area contributed by atoms with Crippen LogP contribution in [0.3, 0.4) is 0 Å². The van der Waals surface area contributed by atoms with Gasteiger partial charge in [-0.1, -0.05) is 27.7 Å². The Morgan fingerprint density at radius 1 is 0.812 bits per heavy atom. The number of nitrogens with two attached hydrogens (primary N) is 1. The second-order valence-electron chi connectivity index (χ2n) is 11.0. The molecule has 0 aliphatic heterocycles. The summed E-state index contributed by atoms with van der Waals surface area (Å²) in [7, 11) is -5.41. The van der Waals surface area contributed by atoms with Crippen molar-refractivity contribution in [2.24, 2.45) is 17.6 Å². The van der Waals surface area contributed by atoms with E-state index in [1.165, 1.54) is 0 Å². The van der Waals surface area contributed by atoms with Crippen LogP contribution in [0.15, 0.2) is 0 Å². The van der Waals surface area contributed by atoms with Crippen LogP contribution in [0.25, 0.3) is 0 Å². The number of hydrogen-bond acceptors (Lipinski definition) is 6. The summed E-state index contributed by atoms with van der Waals surface area (Å²) in [6, 6.07) is 0. The topological polar surface area (TPSA) is 162 Å². The van der Waals surface area contributed by atoms with Gasteiger partial charge in [-0.25, -0.2) is 0 Å². The molecule has 0 rings (SSSR count). The molecule has 0 aliphatic carbocycles. The normalized spacial score (nSPS) is 15.1. The van der Waals surface area contributed by atoms with Gasteiger partial charge >= 0.3 is 5.97 Å². The lowest BCUT2D eigenvalue weighted by Crippen LogP contribution is -2.50. The highest BCUT2D eigenvalue weighted by atomic mass is 28.4. The Labute approximate surface area is 194 Å². The van der Waals surface area contributed by atoms with Crippen LogP contribution in [0.5, 0.6) is 0 Å². The Morgan fingerprint density at radius 2 is 1.16 bits per heavy atom. The van der Waals surface area contributed by atoms with Crippen LogP contribution in [0.1, 0.15) is 47.0 Å². The van der Waals surface area contributed by atoms with Crippen molar-refractivity contribution < 1.29 is 29.1 Å². The van der Waals surface area contributed by atoms with E-state index in [0.717, 1.165) is 0 Å². The van der Waals surface area contributed by atoms with Gasteiger partial charge in [-0.15, -0.1) is 0 Å². The lowest BCUT2D eigenvalue weighted by atomic mass is 9.78. The van der Waals surface area contributed by atoms with Crippen molar-refractivity contribution in [2.75, 3.05) is 19.6 Å². The number of carboxylic acid groups (broad SMARTS) is 1. The van der Waals surface area contributed by atoms with E-state index >= 15 is 0 Å². The molecule has 32 heavy (non-hydrogen) atoms. The minimum Gasteiger partial charge on any atom is -0.481 e. The number of hydrogen-bond donors (Lipinski definition) is 6. The fraction of sp³-hybridized carbons (Fsp3) is 0.857. The Hall–Kier alpha value is -1.28. The van der Waals surface area contributed by atoms with Crippen molar-refractivity contribution >= 4 is 34.4 Å². The number of nitrogens with one attached hydrogen (secondary N) is 2. The number of carbonyl (C=O) groups is 3. The first-order chi connectivity index (χ1) is 14.3. The first-order valence-electron chi connectivity index (χ1n) is 11.2. The number of carboxylic acids is 1. The predicted octanol–water partition coefficient (Wildman–Crippen LogP) is 1.62. The second kappa shape index (κ2) is 11.7. The van der Waals surface area contributed by atoms with Gasteiger partial charge in [0, 0.05) is 31.5 Å². The van der Waals surface area contributed by atoms with Crippen LogP contribution < -0.4 is 16.4 Å². The molecule has 0 unspecified atom stereocenters. The van der Waals surface area contributed by atoms with E-state index in [2.05, 4.69) is 10.6 Å². The monoisotopic (exact) mass is 491 g/mol. The van der Waals surface area contributed by atoms with Crippen LogP contribution in [0, 0.1) is 11.8 Å². The van der Waals surface area contributed by atoms with Crippen molar-refractivity contribution in [1.82, 2.24) is 10.6 Å². The molecule has 0 radical (unpaired) electrons. The molecule has 0 aliphatic rings. The molecule has 9 nitrogen and oxygen atoms in total. The van der Waals surface area contributed by atoms with Crippen molar-refractivity contribution in [3.63, 3.8) is 0 Å². The quantitative estimate of drug-likeness (QED) is 0.201. The predicted molar refractivity (Wildman–Crippen MR) is 131 cm³/mol. The highest BCUT2D eigenvalue weighted by Gasteiger charge is 2.48. The summed E-state index contributed by atoms with van der Waals surface area (Å²) in [5.74, 6) is -3.34. The van der Waals surface area contributed by atoms with Crippen molar-refractivity contribution in [1.29, 1.82) is 0 Å². The molecular formula is C21H45N3O6Si2. The van der Waals surface area contributed by atoms with E-state index < -0.39 is 50.4 Å². The fourth-order valence-corrected chi connectivity index (χ4v) is 4.62. The maximum atomic E-state index is 13.3. The molecule has 0 aromatic carbocycles. The van der Waals surface area contributed by atoms with Gasteiger partial charge in [0.05, 0.1) is 6.42 Å². The minimum absolute atomic E-state index is 0.0498. The van der Waals surface area contributed by atoms with Gasteiger partial charge in [0.1, 0.15) is 0 Å². The van der Waals surface area contributed by atoms with E-state index in [9.17, 15) is 24.0 Å². The van der Waals surface area contributed by atoms with Crippen LogP contribution >= 0.6 is 0 Å². The summed E-state index contributed by atoms with van der Waals surface area (Å²) in [4.78, 5) is 59.0. The van der Waals surface area contributed by atoms with Crippen molar-refractivity contribution in [3.05, 3.63) is 0 Å². The number of rotatable bonds is 14. The van der Waals surface area contributed by atoms with Crippen LogP contribution in [0.2, 0.25) is 36.3 Å². The maximum absolute atomic E-state index is 13.3. The van der Waals surface area contributed by atoms with Gasteiger partial charge in [0.25, 0.3) is 0 Å². The maximum Gasteiger partial charge on any atom is 0.305 e. The van der Waals surface area contributed by atoms with Gasteiger partial charge in [-0.3, -0.25) is 14.4 Å².